The topological polar surface area (TPSA) is 25.8 Å². The summed E-state index contributed by atoms with van der Waals surface area (Å²) in [6.45, 7) is 3.94. The number of aromatic nitrogens is 2. The zero-order valence-electron chi connectivity index (χ0n) is 5.63. The lowest BCUT2D eigenvalue weighted by Crippen LogP contribution is -1.89. The van der Waals surface area contributed by atoms with Crippen LogP contribution in [-0.2, 0) is 0 Å². The fraction of sp³-hybridized carbons (Fsp3) is 0.286. The summed E-state index contributed by atoms with van der Waals surface area (Å²) < 4.78 is 0. The lowest BCUT2D eigenvalue weighted by atomic mass is 10.2. The van der Waals surface area contributed by atoms with E-state index in [1.807, 2.05) is 26.3 Å². The largest absolute Gasteiger partial charge is 0.159 e. The van der Waals surface area contributed by atoms with Gasteiger partial charge in [-0.3, -0.25) is 0 Å². The fourth-order valence-corrected chi connectivity index (χ4v) is 0.717. The highest BCUT2D eigenvalue weighted by molar-refractivity contribution is 5.22. The molecular formula is C7H9N2. The minimum absolute atomic E-state index is 0.986. The quantitative estimate of drug-likeness (QED) is 0.560. The molecule has 0 bridgehead atoms. The first-order valence-electron chi connectivity index (χ1n) is 2.92. The molecule has 0 atom stereocenters. The third kappa shape index (κ3) is 1.25. The van der Waals surface area contributed by atoms with E-state index in [9.17, 15) is 0 Å². The molecule has 0 aliphatic heterocycles. The van der Waals surface area contributed by atoms with E-state index in [1.54, 1.807) is 6.20 Å². The van der Waals surface area contributed by atoms with Gasteiger partial charge in [0.25, 0.3) is 0 Å². The van der Waals surface area contributed by atoms with E-state index in [-0.39, 0.29) is 0 Å². The molecule has 47 valence electrons. The maximum absolute atomic E-state index is 3.87. The molecule has 1 aromatic rings. The number of hydrogen-bond acceptors (Lipinski definition) is 2. The molecule has 2 heteroatoms. The third-order valence-electron chi connectivity index (χ3n) is 1.26. The van der Waals surface area contributed by atoms with E-state index in [0.29, 0.717) is 0 Å². The number of nitrogens with zero attached hydrogens (tertiary/aromatic N) is 2. The van der Waals surface area contributed by atoms with Crippen LogP contribution in [0.15, 0.2) is 12.3 Å². The lowest BCUT2D eigenvalue weighted by Gasteiger charge is -1.95. The van der Waals surface area contributed by atoms with Crippen molar-refractivity contribution in [3.05, 3.63) is 29.9 Å². The van der Waals surface area contributed by atoms with Gasteiger partial charge < -0.3 is 0 Å². The van der Waals surface area contributed by atoms with Crippen molar-refractivity contribution >= 4 is 0 Å². The van der Waals surface area contributed by atoms with Crippen LogP contribution in [0, 0.1) is 13.3 Å². The second-order valence-electron chi connectivity index (χ2n) is 1.86. The summed E-state index contributed by atoms with van der Waals surface area (Å²) >= 11 is 0. The van der Waals surface area contributed by atoms with Crippen molar-refractivity contribution in [1.82, 2.24) is 10.2 Å². The van der Waals surface area contributed by atoms with Crippen LogP contribution < -0.4 is 0 Å². The molecule has 0 aromatic carbocycles. The summed E-state index contributed by atoms with van der Waals surface area (Å²) in [6, 6.07) is 1.95. The highest BCUT2D eigenvalue weighted by Gasteiger charge is 1.92. The summed E-state index contributed by atoms with van der Waals surface area (Å²) in [6.07, 6.45) is 3.71. The number of aryl methyl sites for hydroxylation is 1. The smallest absolute Gasteiger partial charge is 0.0635 e. The van der Waals surface area contributed by atoms with E-state index in [4.69, 9.17) is 0 Å². The van der Waals surface area contributed by atoms with Crippen molar-refractivity contribution < 1.29 is 0 Å². The van der Waals surface area contributed by atoms with Gasteiger partial charge in [-0.1, -0.05) is 6.92 Å². The molecule has 0 aliphatic carbocycles. The van der Waals surface area contributed by atoms with Gasteiger partial charge >= 0.3 is 0 Å². The standard InChI is InChI=1S/C7H9N2/c1-3-7-4-5-8-9-6(7)2/h3-5H,1-2H3. The van der Waals surface area contributed by atoms with Crippen molar-refractivity contribution in [2.45, 2.75) is 13.8 Å². The Morgan fingerprint density at radius 1 is 1.56 bits per heavy atom. The Hall–Kier alpha value is -0.920. The molecule has 9 heavy (non-hydrogen) atoms. The average Bonchev–Trinajstić information content (AvgIpc) is 1.89. The van der Waals surface area contributed by atoms with Gasteiger partial charge in [0, 0.05) is 6.20 Å². The average molecular weight is 121 g/mol. The number of rotatable bonds is 1. The van der Waals surface area contributed by atoms with Gasteiger partial charge in [0.05, 0.1) is 5.69 Å². The van der Waals surface area contributed by atoms with Gasteiger partial charge in [0.2, 0.25) is 0 Å². The Bertz CT molecular complexity index is 196. The molecule has 0 saturated carbocycles. The fourth-order valence-electron chi connectivity index (χ4n) is 0.717. The summed E-state index contributed by atoms with van der Waals surface area (Å²) in [4.78, 5) is 0. The van der Waals surface area contributed by atoms with Crippen LogP contribution in [0.5, 0.6) is 0 Å². The molecule has 0 fully saturated rings. The molecule has 0 unspecified atom stereocenters. The minimum atomic E-state index is 0.986. The predicted octanol–water partition coefficient (Wildman–Crippen LogP) is 1.36. The van der Waals surface area contributed by atoms with Crippen LogP contribution in [0.25, 0.3) is 0 Å². The highest BCUT2D eigenvalue weighted by atomic mass is 15.1. The van der Waals surface area contributed by atoms with Crippen molar-refractivity contribution in [2.75, 3.05) is 0 Å². The van der Waals surface area contributed by atoms with Crippen LogP contribution >= 0.6 is 0 Å². The van der Waals surface area contributed by atoms with Crippen LogP contribution in [0.3, 0.4) is 0 Å². The van der Waals surface area contributed by atoms with Gasteiger partial charge in [-0.15, -0.1) is 0 Å². The zero-order chi connectivity index (χ0) is 6.69. The Morgan fingerprint density at radius 3 is 2.78 bits per heavy atom. The maximum Gasteiger partial charge on any atom is 0.0635 e. The molecule has 1 heterocycles. The normalized spacial score (nSPS) is 9.56. The van der Waals surface area contributed by atoms with E-state index in [0.717, 1.165) is 11.3 Å². The molecule has 1 aromatic heterocycles. The SMILES string of the molecule is C[CH]c1ccnnc1C. The van der Waals surface area contributed by atoms with Crippen LogP contribution in [0.1, 0.15) is 18.2 Å². The van der Waals surface area contributed by atoms with Crippen LogP contribution in [0.4, 0.5) is 0 Å². The summed E-state index contributed by atoms with van der Waals surface area (Å²) in [5.41, 5.74) is 2.14. The molecule has 1 rings (SSSR count). The van der Waals surface area contributed by atoms with Gasteiger partial charge in [-0.05, 0) is 25.0 Å². The van der Waals surface area contributed by atoms with Crippen molar-refractivity contribution in [2.24, 2.45) is 0 Å². The van der Waals surface area contributed by atoms with Gasteiger partial charge in [-0.25, -0.2) is 0 Å². The van der Waals surface area contributed by atoms with Crippen molar-refractivity contribution in [3.63, 3.8) is 0 Å². The Balaban J connectivity index is 3.01. The Labute approximate surface area is 54.9 Å². The highest BCUT2D eigenvalue weighted by Crippen LogP contribution is 2.02. The molecule has 2 nitrogen and oxygen atoms in total. The van der Waals surface area contributed by atoms with Gasteiger partial charge in [0.1, 0.15) is 0 Å². The second kappa shape index (κ2) is 2.58. The first kappa shape index (κ1) is 6.20. The molecular weight excluding hydrogens is 112 g/mol. The second-order valence-corrected chi connectivity index (χ2v) is 1.86. The molecule has 0 amide bonds. The zero-order valence-corrected chi connectivity index (χ0v) is 5.63. The molecule has 0 N–H and O–H groups in total. The van der Waals surface area contributed by atoms with Crippen molar-refractivity contribution in [1.29, 1.82) is 0 Å². The monoisotopic (exact) mass is 121 g/mol. The summed E-state index contributed by atoms with van der Waals surface area (Å²) in [5.74, 6) is 0. The van der Waals surface area contributed by atoms with Gasteiger partial charge in [-0.2, -0.15) is 10.2 Å². The van der Waals surface area contributed by atoms with Crippen LogP contribution in [0.2, 0.25) is 0 Å². The Kier molecular flexibility index (Phi) is 1.78. The molecule has 1 radical (unpaired) electrons. The lowest BCUT2D eigenvalue weighted by molar-refractivity contribution is 0.964. The van der Waals surface area contributed by atoms with E-state index >= 15 is 0 Å². The minimum Gasteiger partial charge on any atom is -0.159 e. The van der Waals surface area contributed by atoms with E-state index in [1.165, 1.54) is 0 Å². The van der Waals surface area contributed by atoms with E-state index < -0.39 is 0 Å². The summed E-state index contributed by atoms with van der Waals surface area (Å²) in [5, 5.41) is 7.59. The maximum atomic E-state index is 3.87. The van der Waals surface area contributed by atoms with Crippen molar-refractivity contribution in [3.8, 4) is 0 Å². The van der Waals surface area contributed by atoms with Gasteiger partial charge in [0.15, 0.2) is 0 Å². The molecule has 0 saturated heterocycles. The predicted molar refractivity (Wildman–Crippen MR) is 35.8 cm³/mol. The molecule has 0 spiro atoms. The molecule has 0 aliphatic rings. The van der Waals surface area contributed by atoms with E-state index in [2.05, 4.69) is 10.2 Å². The Morgan fingerprint density at radius 2 is 2.33 bits per heavy atom. The first-order chi connectivity index (χ1) is 4.34. The van der Waals surface area contributed by atoms with Crippen LogP contribution in [-0.4, -0.2) is 10.2 Å². The summed E-state index contributed by atoms with van der Waals surface area (Å²) in [7, 11) is 0. The third-order valence-corrected chi connectivity index (χ3v) is 1.26. The number of hydrogen-bond donors (Lipinski definition) is 0. The first-order valence-corrected chi connectivity index (χ1v) is 2.92.